The Hall–Kier alpha value is -2.14. The van der Waals surface area contributed by atoms with Crippen molar-refractivity contribution < 1.29 is 4.42 Å². The molecule has 26 heavy (non-hydrogen) atoms. The smallest absolute Gasteiger partial charge is 0.341 e. The lowest BCUT2D eigenvalue weighted by molar-refractivity contribution is 0.231. The van der Waals surface area contributed by atoms with Crippen molar-refractivity contribution >= 4 is 22.6 Å². The number of piperazine rings is 1. The van der Waals surface area contributed by atoms with E-state index in [9.17, 15) is 4.79 Å². The molecular formula is C21H21ClN2O2. The summed E-state index contributed by atoms with van der Waals surface area (Å²) in [6, 6.07) is 13.7. The van der Waals surface area contributed by atoms with E-state index in [-0.39, 0.29) is 5.63 Å². The van der Waals surface area contributed by atoms with Crippen LogP contribution in [0.15, 0.2) is 51.7 Å². The average Bonchev–Trinajstić information content (AvgIpc) is 2.65. The van der Waals surface area contributed by atoms with E-state index in [1.165, 1.54) is 0 Å². The topological polar surface area (TPSA) is 45.5 Å². The molecule has 1 saturated heterocycles. The highest BCUT2D eigenvalue weighted by Gasteiger charge is 2.20. The van der Waals surface area contributed by atoms with Gasteiger partial charge in [0.1, 0.15) is 5.58 Å². The lowest BCUT2D eigenvalue weighted by Gasteiger charge is -2.27. The van der Waals surface area contributed by atoms with Crippen molar-refractivity contribution in [1.29, 1.82) is 0 Å². The van der Waals surface area contributed by atoms with Crippen LogP contribution in [-0.4, -0.2) is 31.1 Å². The van der Waals surface area contributed by atoms with Gasteiger partial charge in [-0.25, -0.2) is 4.79 Å². The number of nitrogens with zero attached hydrogens (tertiary/aromatic N) is 1. The fourth-order valence-electron chi connectivity index (χ4n) is 3.50. The summed E-state index contributed by atoms with van der Waals surface area (Å²) < 4.78 is 5.62. The number of benzene rings is 2. The minimum Gasteiger partial charge on any atom is -0.422 e. The Morgan fingerprint density at radius 2 is 1.92 bits per heavy atom. The molecule has 2 aromatic carbocycles. The number of rotatable bonds is 3. The van der Waals surface area contributed by atoms with Crippen molar-refractivity contribution in [2.75, 3.05) is 26.2 Å². The van der Waals surface area contributed by atoms with E-state index in [0.29, 0.717) is 22.7 Å². The predicted molar refractivity (Wildman–Crippen MR) is 106 cm³/mol. The lowest BCUT2D eigenvalue weighted by atomic mass is 9.96. The van der Waals surface area contributed by atoms with Crippen molar-refractivity contribution in [2.45, 2.75) is 13.5 Å². The van der Waals surface area contributed by atoms with E-state index in [2.05, 4.69) is 10.2 Å². The molecule has 0 spiro atoms. The van der Waals surface area contributed by atoms with E-state index >= 15 is 0 Å². The number of hydrogen-bond donors (Lipinski definition) is 1. The molecule has 134 valence electrons. The maximum absolute atomic E-state index is 12.8. The first-order valence-corrected chi connectivity index (χ1v) is 9.25. The van der Waals surface area contributed by atoms with Crippen LogP contribution in [0.25, 0.3) is 22.1 Å². The summed E-state index contributed by atoms with van der Waals surface area (Å²) in [6.07, 6.45) is 0. The summed E-state index contributed by atoms with van der Waals surface area (Å²) in [5.41, 5.74) is 3.94. The van der Waals surface area contributed by atoms with Gasteiger partial charge in [0.2, 0.25) is 0 Å². The van der Waals surface area contributed by atoms with Gasteiger partial charge in [-0.15, -0.1) is 0 Å². The van der Waals surface area contributed by atoms with Gasteiger partial charge in [0.15, 0.2) is 0 Å². The van der Waals surface area contributed by atoms with E-state index in [1.807, 2.05) is 49.4 Å². The summed E-state index contributed by atoms with van der Waals surface area (Å²) >= 11 is 6.38. The largest absolute Gasteiger partial charge is 0.422 e. The van der Waals surface area contributed by atoms with Gasteiger partial charge in [-0.3, -0.25) is 4.90 Å². The quantitative estimate of drug-likeness (QED) is 0.714. The zero-order valence-electron chi connectivity index (χ0n) is 14.7. The predicted octanol–water partition coefficient (Wildman–Crippen LogP) is 3.83. The Labute approximate surface area is 157 Å². The molecule has 1 aliphatic heterocycles. The van der Waals surface area contributed by atoms with Crippen molar-refractivity contribution in [2.24, 2.45) is 0 Å². The molecule has 0 bridgehead atoms. The molecule has 1 fully saturated rings. The Bertz CT molecular complexity index is 1010. The first-order chi connectivity index (χ1) is 12.6. The van der Waals surface area contributed by atoms with Gasteiger partial charge < -0.3 is 9.73 Å². The van der Waals surface area contributed by atoms with Crippen LogP contribution in [0, 0.1) is 6.92 Å². The molecule has 1 N–H and O–H groups in total. The summed E-state index contributed by atoms with van der Waals surface area (Å²) in [5.74, 6) is 0. The van der Waals surface area contributed by atoms with Crippen LogP contribution in [0.4, 0.5) is 0 Å². The standard InChI is InChI=1S/C21H21ClN2O2/c1-14-6-7-15(12-18(14)22)20-16-4-2-3-5-19(16)26-21(25)17(20)13-24-10-8-23-9-11-24/h2-7,12,23H,8-11,13H2,1H3. The summed E-state index contributed by atoms with van der Waals surface area (Å²) in [6.45, 7) is 6.26. The lowest BCUT2D eigenvalue weighted by Crippen LogP contribution is -2.43. The van der Waals surface area contributed by atoms with Crippen LogP contribution in [0.3, 0.4) is 0 Å². The van der Waals surface area contributed by atoms with Crippen molar-refractivity contribution in [3.05, 3.63) is 69.0 Å². The van der Waals surface area contributed by atoms with Crippen LogP contribution < -0.4 is 10.9 Å². The van der Waals surface area contributed by atoms with Crippen LogP contribution >= 0.6 is 11.6 Å². The van der Waals surface area contributed by atoms with Crippen molar-refractivity contribution in [3.8, 4) is 11.1 Å². The number of hydrogen-bond acceptors (Lipinski definition) is 4. The molecule has 0 saturated carbocycles. The minimum atomic E-state index is -0.270. The highest BCUT2D eigenvalue weighted by molar-refractivity contribution is 6.31. The normalized spacial score (nSPS) is 15.5. The number of para-hydroxylation sites is 1. The second-order valence-electron chi connectivity index (χ2n) is 6.73. The van der Waals surface area contributed by atoms with Crippen LogP contribution in [-0.2, 0) is 6.54 Å². The highest BCUT2D eigenvalue weighted by atomic mass is 35.5. The Morgan fingerprint density at radius 1 is 1.15 bits per heavy atom. The van der Waals surface area contributed by atoms with Gasteiger partial charge in [0, 0.05) is 48.7 Å². The van der Waals surface area contributed by atoms with Gasteiger partial charge in [-0.1, -0.05) is 41.9 Å². The third-order valence-electron chi connectivity index (χ3n) is 4.96. The zero-order valence-corrected chi connectivity index (χ0v) is 15.5. The summed E-state index contributed by atoms with van der Waals surface area (Å²) in [7, 11) is 0. The molecule has 1 aromatic heterocycles. The summed E-state index contributed by atoms with van der Waals surface area (Å²) in [5, 5.41) is 4.99. The molecule has 2 heterocycles. The van der Waals surface area contributed by atoms with Crippen molar-refractivity contribution in [3.63, 3.8) is 0 Å². The second kappa shape index (κ2) is 7.23. The Morgan fingerprint density at radius 3 is 2.69 bits per heavy atom. The zero-order chi connectivity index (χ0) is 18.1. The molecule has 5 heteroatoms. The molecule has 3 aromatic rings. The maximum Gasteiger partial charge on any atom is 0.341 e. The maximum atomic E-state index is 12.8. The molecule has 0 aliphatic carbocycles. The molecule has 0 radical (unpaired) electrons. The van der Waals surface area contributed by atoms with Gasteiger partial charge in [-0.05, 0) is 30.2 Å². The number of halogens is 1. The fraction of sp³-hybridized carbons (Fsp3) is 0.286. The Kier molecular flexibility index (Phi) is 4.81. The molecule has 0 unspecified atom stereocenters. The monoisotopic (exact) mass is 368 g/mol. The van der Waals surface area contributed by atoms with Crippen LogP contribution in [0.5, 0.6) is 0 Å². The van der Waals surface area contributed by atoms with Crippen molar-refractivity contribution in [1.82, 2.24) is 10.2 Å². The number of aryl methyl sites for hydroxylation is 1. The third-order valence-corrected chi connectivity index (χ3v) is 5.37. The average molecular weight is 369 g/mol. The summed E-state index contributed by atoms with van der Waals surface area (Å²) in [4.78, 5) is 15.1. The third kappa shape index (κ3) is 3.28. The van der Waals surface area contributed by atoms with E-state index < -0.39 is 0 Å². The second-order valence-corrected chi connectivity index (χ2v) is 7.14. The number of nitrogens with one attached hydrogen (secondary N) is 1. The van der Waals surface area contributed by atoms with Gasteiger partial charge in [0.25, 0.3) is 0 Å². The molecule has 1 aliphatic rings. The highest BCUT2D eigenvalue weighted by Crippen LogP contribution is 2.33. The first-order valence-electron chi connectivity index (χ1n) is 8.88. The minimum absolute atomic E-state index is 0.270. The van der Waals surface area contributed by atoms with Gasteiger partial charge >= 0.3 is 5.63 Å². The molecule has 0 amide bonds. The fourth-order valence-corrected chi connectivity index (χ4v) is 3.68. The Balaban J connectivity index is 1.92. The SMILES string of the molecule is Cc1ccc(-c2c(CN3CCNCC3)c(=O)oc3ccccc23)cc1Cl. The molecular weight excluding hydrogens is 348 g/mol. The molecule has 0 atom stereocenters. The number of fused-ring (bicyclic) bond motifs is 1. The van der Waals surface area contributed by atoms with Crippen LogP contribution in [0.1, 0.15) is 11.1 Å². The van der Waals surface area contributed by atoms with E-state index in [1.54, 1.807) is 0 Å². The van der Waals surface area contributed by atoms with E-state index in [0.717, 1.165) is 48.3 Å². The first kappa shape index (κ1) is 17.3. The van der Waals surface area contributed by atoms with Gasteiger partial charge in [0.05, 0.1) is 5.56 Å². The van der Waals surface area contributed by atoms with Gasteiger partial charge in [-0.2, -0.15) is 0 Å². The molecule has 4 nitrogen and oxygen atoms in total. The van der Waals surface area contributed by atoms with E-state index in [4.69, 9.17) is 16.0 Å². The molecule has 4 rings (SSSR count). The van der Waals surface area contributed by atoms with Crippen LogP contribution in [0.2, 0.25) is 5.02 Å².